The number of sulfonamides is 1. The fraction of sp³-hybridized carbons (Fsp3) is 0.0909. The molecule has 7 nitrogen and oxygen atoms in total. The molecule has 0 unspecified atom stereocenters. The number of carbonyl (C=O) groups excluding carboxylic acids is 1. The SMILES string of the molecule is COC(=O)c1cccc2[nH]c(-c3cccc(S(=O)(=O)Nc4ccc(Cl)cc4C)c3)nc12. The minimum atomic E-state index is -3.84. The maximum atomic E-state index is 12.9. The number of nitrogens with one attached hydrogen (secondary N) is 2. The molecule has 0 aliphatic carbocycles. The number of aromatic nitrogens is 2. The Hall–Kier alpha value is -3.36. The third-order valence-electron chi connectivity index (χ3n) is 4.77. The van der Waals surface area contributed by atoms with Gasteiger partial charge in [0.15, 0.2) is 0 Å². The van der Waals surface area contributed by atoms with E-state index in [-0.39, 0.29) is 4.90 Å². The number of anilines is 1. The first-order valence-corrected chi connectivity index (χ1v) is 11.1. The Bertz CT molecular complexity index is 1410. The lowest BCUT2D eigenvalue weighted by Gasteiger charge is -2.11. The van der Waals surface area contributed by atoms with Crippen LogP contribution < -0.4 is 4.72 Å². The molecule has 0 spiro atoms. The summed E-state index contributed by atoms with van der Waals surface area (Å²) in [5.41, 5.74) is 3.13. The molecule has 0 bridgehead atoms. The zero-order valence-corrected chi connectivity index (χ0v) is 18.2. The summed E-state index contributed by atoms with van der Waals surface area (Å²) in [5.74, 6) is -0.0615. The van der Waals surface area contributed by atoms with E-state index < -0.39 is 16.0 Å². The average molecular weight is 456 g/mol. The lowest BCUT2D eigenvalue weighted by molar-refractivity contribution is 0.0603. The van der Waals surface area contributed by atoms with Gasteiger partial charge in [0.1, 0.15) is 11.3 Å². The van der Waals surface area contributed by atoms with E-state index in [4.69, 9.17) is 16.3 Å². The predicted molar refractivity (Wildman–Crippen MR) is 120 cm³/mol. The zero-order chi connectivity index (χ0) is 22.2. The Morgan fingerprint density at radius 2 is 1.87 bits per heavy atom. The topological polar surface area (TPSA) is 101 Å². The maximum absolute atomic E-state index is 12.9. The number of hydrogen-bond donors (Lipinski definition) is 2. The Labute approximate surface area is 184 Å². The van der Waals surface area contributed by atoms with Gasteiger partial charge in [-0.2, -0.15) is 0 Å². The molecule has 2 N–H and O–H groups in total. The number of carbonyl (C=O) groups is 1. The molecule has 31 heavy (non-hydrogen) atoms. The highest BCUT2D eigenvalue weighted by Crippen LogP contribution is 2.27. The van der Waals surface area contributed by atoms with Gasteiger partial charge in [0.2, 0.25) is 0 Å². The van der Waals surface area contributed by atoms with Crippen molar-refractivity contribution in [2.24, 2.45) is 0 Å². The molecule has 1 heterocycles. The number of hydrogen-bond acceptors (Lipinski definition) is 5. The molecular weight excluding hydrogens is 438 g/mol. The summed E-state index contributed by atoms with van der Waals surface area (Å²) in [7, 11) is -2.54. The highest BCUT2D eigenvalue weighted by atomic mass is 35.5. The fourth-order valence-electron chi connectivity index (χ4n) is 3.20. The number of benzene rings is 3. The lowest BCUT2D eigenvalue weighted by Crippen LogP contribution is -2.13. The van der Waals surface area contributed by atoms with Crippen molar-refractivity contribution in [3.8, 4) is 11.4 Å². The molecule has 0 amide bonds. The number of imidazole rings is 1. The summed E-state index contributed by atoms with van der Waals surface area (Å²) >= 11 is 5.95. The van der Waals surface area contributed by atoms with Crippen LogP contribution in [-0.4, -0.2) is 31.5 Å². The van der Waals surface area contributed by atoms with Gasteiger partial charge in [-0.1, -0.05) is 29.8 Å². The Kier molecular flexibility index (Phi) is 5.43. The molecule has 158 valence electrons. The molecule has 0 fully saturated rings. The van der Waals surface area contributed by atoms with Crippen LogP contribution in [0.3, 0.4) is 0 Å². The highest BCUT2D eigenvalue weighted by molar-refractivity contribution is 7.92. The second-order valence-corrected chi connectivity index (χ2v) is 8.99. The van der Waals surface area contributed by atoms with E-state index in [1.54, 1.807) is 55.5 Å². The monoisotopic (exact) mass is 455 g/mol. The van der Waals surface area contributed by atoms with Crippen molar-refractivity contribution in [1.82, 2.24) is 9.97 Å². The third kappa shape index (κ3) is 4.12. The molecule has 0 radical (unpaired) electrons. The highest BCUT2D eigenvalue weighted by Gasteiger charge is 2.18. The van der Waals surface area contributed by atoms with E-state index >= 15 is 0 Å². The summed E-state index contributed by atoms with van der Waals surface area (Å²) in [6, 6.07) is 16.4. The van der Waals surface area contributed by atoms with Crippen LogP contribution in [0.1, 0.15) is 15.9 Å². The molecule has 4 aromatic rings. The Balaban J connectivity index is 1.72. The van der Waals surface area contributed by atoms with Gasteiger partial charge in [-0.3, -0.25) is 4.72 Å². The van der Waals surface area contributed by atoms with Crippen LogP contribution in [0.15, 0.2) is 65.6 Å². The number of halogens is 1. The van der Waals surface area contributed by atoms with Crippen molar-refractivity contribution in [3.05, 3.63) is 76.8 Å². The molecular formula is C22H18ClN3O4S. The summed E-state index contributed by atoms with van der Waals surface area (Å²) in [6.45, 7) is 1.77. The number of methoxy groups -OCH3 is 1. The van der Waals surface area contributed by atoms with E-state index in [9.17, 15) is 13.2 Å². The van der Waals surface area contributed by atoms with E-state index in [2.05, 4.69) is 14.7 Å². The van der Waals surface area contributed by atoms with Crippen molar-refractivity contribution in [3.63, 3.8) is 0 Å². The van der Waals surface area contributed by atoms with Crippen LogP contribution in [0.25, 0.3) is 22.4 Å². The van der Waals surface area contributed by atoms with Crippen LogP contribution >= 0.6 is 11.6 Å². The lowest BCUT2D eigenvalue weighted by atomic mass is 10.2. The summed E-state index contributed by atoms with van der Waals surface area (Å²) in [4.78, 5) is 19.7. The van der Waals surface area contributed by atoms with Crippen LogP contribution in [0, 0.1) is 6.92 Å². The van der Waals surface area contributed by atoms with E-state index in [1.165, 1.54) is 19.2 Å². The smallest absolute Gasteiger partial charge is 0.340 e. The first-order valence-electron chi connectivity index (χ1n) is 9.25. The molecule has 3 aromatic carbocycles. The summed E-state index contributed by atoms with van der Waals surface area (Å²) in [5, 5.41) is 0.527. The zero-order valence-electron chi connectivity index (χ0n) is 16.6. The summed E-state index contributed by atoms with van der Waals surface area (Å²) in [6.07, 6.45) is 0. The average Bonchev–Trinajstić information content (AvgIpc) is 3.20. The third-order valence-corrected chi connectivity index (χ3v) is 6.37. The van der Waals surface area contributed by atoms with Crippen molar-refractivity contribution >= 4 is 44.3 Å². The first-order chi connectivity index (χ1) is 14.8. The fourth-order valence-corrected chi connectivity index (χ4v) is 4.60. The standard InChI is InChI=1S/C22H18ClN3O4S/c1-13-11-15(23)9-10-18(13)26-31(28,29)16-6-3-5-14(12-16)21-24-19-8-4-7-17(20(19)25-21)22(27)30-2/h3-12,26H,1-2H3,(H,24,25). The summed E-state index contributed by atoms with van der Waals surface area (Å²) < 4.78 is 33.3. The van der Waals surface area contributed by atoms with Gasteiger partial charge >= 0.3 is 5.97 Å². The van der Waals surface area contributed by atoms with Crippen molar-refractivity contribution in [2.45, 2.75) is 11.8 Å². The molecule has 0 aliphatic rings. The predicted octanol–water partition coefficient (Wildman–Crippen LogP) is 4.78. The molecule has 1 aromatic heterocycles. The van der Waals surface area contributed by atoms with Crippen LogP contribution in [-0.2, 0) is 14.8 Å². The molecule has 0 aliphatic heterocycles. The van der Waals surface area contributed by atoms with E-state index in [1.807, 2.05) is 0 Å². The first kappa shape index (κ1) is 20.9. The molecule has 9 heteroatoms. The number of ether oxygens (including phenoxy) is 1. The van der Waals surface area contributed by atoms with E-state index in [0.717, 1.165) is 0 Å². The van der Waals surface area contributed by atoms with Gasteiger partial charge in [-0.25, -0.2) is 18.2 Å². The van der Waals surface area contributed by atoms with Gasteiger partial charge < -0.3 is 9.72 Å². The normalized spacial score (nSPS) is 11.5. The number of rotatable bonds is 5. The minimum Gasteiger partial charge on any atom is -0.465 e. The minimum absolute atomic E-state index is 0.0768. The van der Waals surface area contributed by atoms with Crippen molar-refractivity contribution < 1.29 is 17.9 Å². The van der Waals surface area contributed by atoms with Gasteiger partial charge in [0.25, 0.3) is 10.0 Å². The van der Waals surface area contributed by atoms with E-state index in [0.29, 0.717) is 44.3 Å². The van der Waals surface area contributed by atoms with Gasteiger partial charge in [0, 0.05) is 10.6 Å². The van der Waals surface area contributed by atoms with Crippen molar-refractivity contribution in [2.75, 3.05) is 11.8 Å². The van der Waals surface area contributed by atoms with Crippen LogP contribution in [0.2, 0.25) is 5.02 Å². The van der Waals surface area contributed by atoms with Crippen LogP contribution in [0.5, 0.6) is 0 Å². The molecule has 4 rings (SSSR count). The van der Waals surface area contributed by atoms with Gasteiger partial charge in [-0.15, -0.1) is 0 Å². The molecule has 0 saturated heterocycles. The number of nitrogens with zero attached hydrogens (tertiary/aromatic N) is 1. The number of aromatic amines is 1. The molecule has 0 saturated carbocycles. The number of aryl methyl sites for hydroxylation is 1. The number of H-pyrrole nitrogens is 1. The Morgan fingerprint density at radius 1 is 1.10 bits per heavy atom. The number of para-hydroxylation sites is 1. The quantitative estimate of drug-likeness (QED) is 0.422. The van der Waals surface area contributed by atoms with Crippen molar-refractivity contribution in [1.29, 1.82) is 0 Å². The molecule has 0 atom stereocenters. The number of fused-ring (bicyclic) bond motifs is 1. The largest absolute Gasteiger partial charge is 0.465 e. The second-order valence-electron chi connectivity index (χ2n) is 6.87. The van der Waals surface area contributed by atoms with Crippen LogP contribution in [0.4, 0.5) is 5.69 Å². The second kappa shape index (κ2) is 8.05. The van der Waals surface area contributed by atoms with Gasteiger partial charge in [0.05, 0.1) is 28.8 Å². The maximum Gasteiger partial charge on any atom is 0.340 e. The number of esters is 1. The Morgan fingerprint density at radius 3 is 2.61 bits per heavy atom. The van der Waals surface area contributed by atoms with Gasteiger partial charge in [-0.05, 0) is 55.0 Å².